The van der Waals surface area contributed by atoms with Crippen LogP contribution in [0.2, 0.25) is 0 Å². The Labute approximate surface area is 142 Å². The highest BCUT2D eigenvalue weighted by molar-refractivity contribution is 7.13. The lowest BCUT2D eigenvalue weighted by molar-refractivity contribution is -0.137. The van der Waals surface area contributed by atoms with Crippen LogP contribution in [0.15, 0.2) is 24.1 Å². The molecule has 1 unspecified atom stereocenters. The molecule has 124 valence electrons. The lowest BCUT2D eigenvalue weighted by atomic mass is 10.1. The molecular weight excluding hydrogens is 326 g/mol. The molecule has 1 saturated heterocycles. The van der Waals surface area contributed by atoms with Gasteiger partial charge in [-0.3, -0.25) is 4.79 Å². The highest BCUT2D eigenvalue weighted by Crippen LogP contribution is 2.28. The van der Waals surface area contributed by atoms with Crippen molar-refractivity contribution in [2.24, 2.45) is 0 Å². The minimum atomic E-state index is -0.259. The molecule has 9 heteroatoms. The standard InChI is InChI=1S/C15H17N7OS/c1-2-21-5-3-4-13(15(21)23)22-7-11(19-20-22)12-8-24-14(18-12)10-6-16-9-17-10/h6-9,13H,2-5H2,1H3,(H,16,17). The average molecular weight is 343 g/mol. The fraction of sp³-hybridized carbons (Fsp3) is 0.400. The molecule has 1 atom stereocenters. The van der Waals surface area contributed by atoms with E-state index in [2.05, 4.69) is 25.3 Å². The summed E-state index contributed by atoms with van der Waals surface area (Å²) in [6.07, 6.45) is 6.96. The first-order valence-electron chi connectivity index (χ1n) is 7.91. The van der Waals surface area contributed by atoms with Crippen LogP contribution < -0.4 is 0 Å². The summed E-state index contributed by atoms with van der Waals surface area (Å²) in [7, 11) is 0. The van der Waals surface area contributed by atoms with Crippen molar-refractivity contribution in [1.29, 1.82) is 0 Å². The van der Waals surface area contributed by atoms with E-state index in [4.69, 9.17) is 0 Å². The second kappa shape index (κ2) is 6.16. The molecule has 0 radical (unpaired) electrons. The van der Waals surface area contributed by atoms with Gasteiger partial charge in [-0.05, 0) is 19.8 Å². The zero-order valence-electron chi connectivity index (χ0n) is 13.2. The van der Waals surface area contributed by atoms with E-state index in [1.807, 2.05) is 23.4 Å². The van der Waals surface area contributed by atoms with E-state index in [1.54, 1.807) is 17.2 Å². The normalized spacial score (nSPS) is 18.3. The molecule has 0 spiro atoms. The zero-order chi connectivity index (χ0) is 16.5. The summed E-state index contributed by atoms with van der Waals surface area (Å²) >= 11 is 1.52. The van der Waals surface area contributed by atoms with E-state index in [0.29, 0.717) is 5.69 Å². The Morgan fingerprint density at radius 2 is 2.33 bits per heavy atom. The van der Waals surface area contributed by atoms with Crippen molar-refractivity contribution >= 4 is 17.2 Å². The molecule has 3 aromatic rings. The SMILES string of the molecule is CCN1CCCC(n2cc(-c3csc(-c4cnc[nH]4)n3)nn2)C1=O. The lowest BCUT2D eigenvalue weighted by Crippen LogP contribution is -2.42. The van der Waals surface area contributed by atoms with Gasteiger partial charge < -0.3 is 9.88 Å². The van der Waals surface area contributed by atoms with Gasteiger partial charge in [0, 0.05) is 18.5 Å². The summed E-state index contributed by atoms with van der Waals surface area (Å²) < 4.78 is 1.68. The topological polar surface area (TPSA) is 92.6 Å². The molecule has 24 heavy (non-hydrogen) atoms. The minimum Gasteiger partial charge on any atom is -0.343 e. The van der Waals surface area contributed by atoms with Gasteiger partial charge in [-0.25, -0.2) is 14.6 Å². The van der Waals surface area contributed by atoms with Crippen LogP contribution in [0.3, 0.4) is 0 Å². The van der Waals surface area contributed by atoms with Gasteiger partial charge in [-0.1, -0.05) is 5.21 Å². The van der Waals surface area contributed by atoms with Crippen molar-refractivity contribution in [3.63, 3.8) is 0 Å². The van der Waals surface area contributed by atoms with Crippen molar-refractivity contribution in [1.82, 2.24) is 34.8 Å². The molecule has 1 fully saturated rings. The number of piperidine rings is 1. The maximum Gasteiger partial charge on any atom is 0.247 e. The number of imidazole rings is 1. The fourth-order valence-electron chi connectivity index (χ4n) is 2.91. The van der Waals surface area contributed by atoms with Gasteiger partial charge >= 0.3 is 0 Å². The van der Waals surface area contributed by atoms with Gasteiger partial charge in [0.05, 0.1) is 24.4 Å². The highest BCUT2D eigenvalue weighted by Gasteiger charge is 2.30. The van der Waals surface area contributed by atoms with Crippen molar-refractivity contribution in [2.45, 2.75) is 25.8 Å². The molecule has 1 aliphatic rings. The molecule has 8 nitrogen and oxygen atoms in total. The molecule has 4 rings (SSSR count). The van der Waals surface area contributed by atoms with Crippen LogP contribution in [0.5, 0.6) is 0 Å². The number of H-pyrrole nitrogens is 1. The second-order valence-corrected chi connectivity index (χ2v) is 6.52. The van der Waals surface area contributed by atoms with Crippen LogP contribution in [-0.4, -0.2) is 53.8 Å². The monoisotopic (exact) mass is 343 g/mol. The van der Waals surface area contributed by atoms with Gasteiger partial charge in [0.25, 0.3) is 0 Å². The molecule has 3 aromatic heterocycles. The Hall–Kier alpha value is -2.55. The van der Waals surface area contributed by atoms with Crippen LogP contribution in [-0.2, 0) is 4.79 Å². The third-order valence-electron chi connectivity index (χ3n) is 4.21. The van der Waals surface area contributed by atoms with Gasteiger partial charge in [-0.2, -0.15) is 0 Å². The first kappa shape index (κ1) is 15.0. The smallest absolute Gasteiger partial charge is 0.247 e. The number of hydrogen-bond donors (Lipinski definition) is 1. The van der Waals surface area contributed by atoms with Crippen molar-refractivity contribution in [2.75, 3.05) is 13.1 Å². The number of hydrogen-bond acceptors (Lipinski definition) is 6. The number of carbonyl (C=O) groups excluding carboxylic acids is 1. The molecular formula is C15H17N7OS. The molecule has 1 N–H and O–H groups in total. The number of likely N-dealkylation sites (N-methyl/N-ethyl adjacent to an activating group) is 1. The highest BCUT2D eigenvalue weighted by atomic mass is 32.1. The zero-order valence-corrected chi connectivity index (χ0v) is 14.0. The Balaban J connectivity index is 1.58. The molecule has 4 heterocycles. The van der Waals surface area contributed by atoms with Crippen molar-refractivity contribution < 1.29 is 4.79 Å². The molecule has 0 saturated carbocycles. The summed E-state index contributed by atoms with van der Waals surface area (Å²) in [5.74, 6) is 0.122. The van der Waals surface area contributed by atoms with Crippen LogP contribution in [0, 0.1) is 0 Å². The number of nitrogens with one attached hydrogen (secondary N) is 1. The van der Waals surface area contributed by atoms with E-state index < -0.39 is 0 Å². The molecule has 1 amide bonds. The first-order chi connectivity index (χ1) is 11.8. The second-order valence-electron chi connectivity index (χ2n) is 5.66. The molecule has 0 aromatic carbocycles. The van der Waals surface area contributed by atoms with E-state index >= 15 is 0 Å². The van der Waals surface area contributed by atoms with Gasteiger partial charge in [-0.15, -0.1) is 16.4 Å². The number of carbonyl (C=O) groups is 1. The summed E-state index contributed by atoms with van der Waals surface area (Å²) in [5.41, 5.74) is 2.31. The number of aromatic amines is 1. The third-order valence-corrected chi connectivity index (χ3v) is 5.08. The van der Waals surface area contributed by atoms with E-state index in [0.717, 1.165) is 42.3 Å². The number of likely N-dealkylation sites (tertiary alicyclic amines) is 1. The quantitative estimate of drug-likeness (QED) is 0.782. The van der Waals surface area contributed by atoms with E-state index in [1.165, 1.54) is 11.3 Å². The van der Waals surface area contributed by atoms with E-state index in [9.17, 15) is 4.79 Å². The molecule has 1 aliphatic heterocycles. The number of amides is 1. The van der Waals surface area contributed by atoms with Crippen LogP contribution >= 0.6 is 11.3 Å². The number of nitrogens with zero attached hydrogens (tertiary/aromatic N) is 6. The van der Waals surface area contributed by atoms with Gasteiger partial charge in [0.15, 0.2) is 0 Å². The van der Waals surface area contributed by atoms with Crippen LogP contribution in [0.1, 0.15) is 25.8 Å². The Morgan fingerprint density at radius 3 is 3.12 bits per heavy atom. The predicted octanol–water partition coefficient (Wildman–Crippen LogP) is 1.98. The fourth-order valence-corrected chi connectivity index (χ4v) is 3.70. The Bertz CT molecular complexity index is 838. The lowest BCUT2D eigenvalue weighted by Gasteiger charge is -2.31. The maximum absolute atomic E-state index is 12.5. The summed E-state index contributed by atoms with van der Waals surface area (Å²) in [6, 6.07) is -0.259. The van der Waals surface area contributed by atoms with Crippen LogP contribution in [0.4, 0.5) is 0 Å². The van der Waals surface area contributed by atoms with Crippen molar-refractivity contribution in [3.05, 3.63) is 24.1 Å². The van der Waals surface area contributed by atoms with Gasteiger partial charge in [0.1, 0.15) is 22.4 Å². The van der Waals surface area contributed by atoms with Crippen molar-refractivity contribution in [3.8, 4) is 22.1 Å². The van der Waals surface area contributed by atoms with Gasteiger partial charge in [0.2, 0.25) is 5.91 Å². The molecule has 0 aliphatic carbocycles. The number of aromatic nitrogens is 6. The predicted molar refractivity (Wildman–Crippen MR) is 89.2 cm³/mol. The minimum absolute atomic E-state index is 0.122. The summed E-state index contributed by atoms with van der Waals surface area (Å²) in [6.45, 7) is 3.56. The number of thiazole rings is 1. The average Bonchev–Trinajstić information content (AvgIpc) is 3.34. The number of rotatable bonds is 4. The Kier molecular flexibility index (Phi) is 3.85. The maximum atomic E-state index is 12.5. The van der Waals surface area contributed by atoms with Crippen LogP contribution in [0.25, 0.3) is 22.1 Å². The third kappa shape index (κ3) is 2.60. The summed E-state index contributed by atoms with van der Waals surface area (Å²) in [4.78, 5) is 26.0. The largest absolute Gasteiger partial charge is 0.343 e. The first-order valence-corrected chi connectivity index (χ1v) is 8.79. The van der Waals surface area contributed by atoms with E-state index in [-0.39, 0.29) is 11.9 Å². The summed E-state index contributed by atoms with van der Waals surface area (Å²) in [5, 5.41) is 11.2. The Morgan fingerprint density at radius 1 is 1.42 bits per heavy atom. The molecule has 0 bridgehead atoms.